The Balaban J connectivity index is 2.29. The molecule has 0 amide bonds. The van der Waals surface area contributed by atoms with Gasteiger partial charge >= 0.3 is 0 Å². The number of aliphatic imine (C=N–C) groups is 1. The van der Waals surface area contributed by atoms with E-state index >= 15 is 0 Å². The molecule has 2 atom stereocenters. The number of hydrogen-bond acceptors (Lipinski definition) is 4. The van der Waals surface area contributed by atoms with Gasteiger partial charge in [0.2, 0.25) is 0 Å². The minimum atomic E-state index is 0.250. The number of rotatable bonds is 4. The molecule has 1 aromatic rings. The van der Waals surface area contributed by atoms with E-state index in [0.717, 1.165) is 24.3 Å². The van der Waals surface area contributed by atoms with Gasteiger partial charge < -0.3 is 15.4 Å². The second kappa shape index (κ2) is 5.51. The van der Waals surface area contributed by atoms with Crippen molar-refractivity contribution in [2.75, 3.05) is 13.7 Å². The lowest BCUT2D eigenvalue weighted by Gasteiger charge is -2.32. The Bertz CT molecular complexity index is 484. The van der Waals surface area contributed by atoms with Crippen molar-refractivity contribution in [2.24, 2.45) is 10.7 Å². The molecule has 0 aromatic heterocycles. The average molecular weight is 261 g/mol. The quantitative estimate of drug-likeness (QED) is 0.906. The fourth-order valence-electron chi connectivity index (χ4n) is 2.61. The van der Waals surface area contributed by atoms with Crippen LogP contribution in [0.4, 0.5) is 0 Å². The molecule has 2 rings (SSSR count). The van der Waals surface area contributed by atoms with Crippen molar-refractivity contribution in [3.63, 3.8) is 0 Å². The first-order valence-corrected chi connectivity index (χ1v) is 6.81. The van der Waals surface area contributed by atoms with Crippen molar-refractivity contribution >= 4 is 5.96 Å². The molecule has 0 bridgehead atoms. The number of benzene rings is 1. The number of nitrogens with two attached hydrogens (primary N) is 1. The molecule has 1 aliphatic rings. The minimum Gasteiger partial charge on any atom is -0.496 e. The Labute approximate surface area is 115 Å². The molecule has 104 valence electrons. The van der Waals surface area contributed by atoms with Crippen LogP contribution in [0.1, 0.15) is 37.4 Å². The molecule has 19 heavy (non-hydrogen) atoms. The molecule has 0 fully saturated rings. The lowest BCUT2D eigenvalue weighted by molar-refractivity contribution is 0.268. The SMILES string of the molecule is CCC(C)N1C(N)=NCC1c1ccc(OC)c(C)c1. The molecule has 0 saturated heterocycles. The standard InChI is InChI=1S/C15H23N3O/c1-5-11(3)18-13(9-17-15(18)16)12-6-7-14(19-4)10(2)8-12/h6-8,11,13H,5,9H2,1-4H3,(H2,16,17). The third kappa shape index (κ3) is 2.53. The molecule has 2 unspecified atom stereocenters. The highest BCUT2D eigenvalue weighted by Crippen LogP contribution is 2.31. The largest absolute Gasteiger partial charge is 0.496 e. The summed E-state index contributed by atoms with van der Waals surface area (Å²) < 4.78 is 5.31. The van der Waals surface area contributed by atoms with Gasteiger partial charge in [-0.15, -0.1) is 0 Å². The minimum absolute atomic E-state index is 0.250. The molecule has 4 nitrogen and oxygen atoms in total. The summed E-state index contributed by atoms with van der Waals surface area (Å²) in [7, 11) is 1.70. The van der Waals surface area contributed by atoms with Gasteiger partial charge in [0.15, 0.2) is 5.96 Å². The van der Waals surface area contributed by atoms with E-state index in [1.807, 2.05) is 6.07 Å². The third-order valence-corrected chi connectivity index (χ3v) is 3.90. The normalized spacial score (nSPS) is 20.3. The Morgan fingerprint density at radius 1 is 1.53 bits per heavy atom. The van der Waals surface area contributed by atoms with Crippen LogP contribution >= 0.6 is 0 Å². The molecular weight excluding hydrogens is 238 g/mol. The third-order valence-electron chi connectivity index (χ3n) is 3.90. The smallest absolute Gasteiger partial charge is 0.192 e. The molecule has 0 radical (unpaired) electrons. The number of hydrogen-bond donors (Lipinski definition) is 1. The molecule has 0 saturated carbocycles. The van der Waals surface area contributed by atoms with Crippen LogP contribution in [0.3, 0.4) is 0 Å². The zero-order valence-corrected chi connectivity index (χ0v) is 12.2. The van der Waals surface area contributed by atoms with Crippen LogP contribution in [0, 0.1) is 6.92 Å². The summed E-state index contributed by atoms with van der Waals surface area (Å²) in [6, 6.07) is 6.96. The van der Waals surface area contributed by atoms with E-state index in [-0.39, 0.29) is 6.04 Å². The van der Waals surface area contributed by atoms with Crippen LogP contribution in [0.15, 0.2) is 23.2 Å². The van der Waals surface area contributed by atoms with E-state index in [4.69, 9.17) is 10.5 Å². The topological polar surface area (TPSA) is 50.8 Å². The molecule has 2 N–H and O–H groups in total. The van der Waals surface area contributed by atoms with E-state index in [2.05, 4.69) is 42.8 Å². The fraction of sp³-hybridized carbons (Fsp3) is 0.533. The fourth-order valence-corrected chi connectivity index (χ4v) is 2.61. The van der Waals surface area contributed by atoms with E-state index in [1.165, 1.54) is 5.56 Å². The van der Waals surface area contributed by atoms with Crippen molar-refractivity contribution in [1.29, 1.82) is 0 Å². The average Bonchev–Trinajstić information content (AvgIpc) is 2.79. The van der Waals surface area contributed by atoms with Crippen LogP contribution in [-0.4, -0.2) is 30.6 Å². The zero-order valence-electron chi connectivity index (χ0n) is 12.2. The predicted octanol–water partition coefficient (Wildman–Crippen LogP) is 2.47. The first-order valence-electron chi connectivity index (χ1n) is 6.81. The van der Waals surface area contributed by atoms with Crippen molar-refractivity contribution in [2.45, 2.75) is 39.3 Å². The second-order valence-electron chi connectivity index (χ2n) is 5.11. The van der Waals surface area contributed by atoms with Crippen LogP contribution < -0.4 is 10.5 Å². The number of ether oxygens (including phenoxy) is 1. The summed E-state index contributed by atoms with van der Waals surface area (Å²) in [5.74, 6) is 1.58. The maximum Gasteiger partial charge on any atom is 0.192 e. The lowest BCUT2D eigenvalue weighted by atomic mass is 10.0. The summed E-state index contributed by atoms with van der Waals surface area (Å²) in [4.78, 5) is 6.63. The van der Waals surface area contributed by atoms with Crippen LogP contribution in [0.5, 0.6) is 5.75 Å². The lowest BCUT2D eigenvalue weighted by Crippen LogP contribution is -2.42. The van der Waals surface area contributed by atoms with Gasteiger partial charge in [-0.1, -0.05) is 19.1 Å². The molecule has 4 heteroatoms. The summed E-state index contributed by atoms with van der Waals surface area (Å²) in [5.41, 5.74) is 8.43. The Hall–Kier alpha value is -1.71. The van der Waals surface area contributed by atoms with Gasteiger partial charge in [0.1, 0.15) is 5.75 Å². The van der Waals surface area contributed by atoms with Crippen molar-refractivity contribution in [3.05, 3.63) is 29.3 Å². The highest BCUT2D eigenvalue weighted by molar-refractivity contribution is 5.80. The van der Waals surface area contributed by atoms with Crippen molar-refractivity contribution < 1.29 is 4.74 Å². The van der Waals surface area contributed by atoms with Crippen molar-refractivity contribution in [1.82, 2.24) is 4.90 Å². The van der Waals surface area contributed by atoms with Gasteiger partial charge in [0.05, 0.1) is 19.7 Å². The van der Waals surface area contributed by atoms with Gasteiger partial charge in [-0.2, -0.15) is 0 Å². The highest BCUT2D eigenvalue weighted by atomic mass is 16.5. The summed E-state index contributed by atoms with van der Waals surface area (Å²) in [6.45, 7) is 7.17. The van der Waals surface area contributed by atoms with Crippen LogP contribution in [0.2, 0.25) is 0 Å². The first-order chi connectivity index (χ1) is 9.08. The number of methoxy groups -OCH3 is 1. The summed E-state index contributed by atoms with van der Waals surface area (Å²) in [5, 5.41) is 0. The van der Waals surface area contributed by atoms with Gasteiger partial charge in [-0.3, -0.25) is 4.99 Å². The molecule has 0 spiro atoms. The number of guanidine groups is 1. The number of aryl methyl sites for hydroxylation is 1. The van der Waals surface area contributed by atoms with E-state index in [9.17, 15) is 0 Å². The van der Waals surface area contributed by atoms with Gasteiger partial charge in [0.25, 0.3) is 0 Å². The predicted molar refractivity (Wildman–Crippen MR) is 78.6 cm³/mol. The van der Waals surface area contributed by atoms with Crippen molar-refractivity contribution in [3.8, 4) is 5.75 Å². The van der Waals surface area contributed by atoms with Crippen LogP contribution in [0.25, 0.3) is 0 Å². The molecule has 1 heterocycles. The maximum atomic E-state index is 6.03. The van der Waals surface area contributed by atoms with E-state index < -0.39 is 0 Å². The second-order valence-corrected chi connectivity index (χ2v) is 5.11. The Kier molecular flexibility index (Phi) is 3.98. The van der Waals surface area contributed by atoms with Gasteiger partial charge in [-0.25, -0.2) is 0 Å². The van der Waals surface area contributed by atoms with E-state index in [1.54, 1.807) is 7.11 Å². The Morgan fingerprint density at radius 3 is 2.84 bits per heavy atom. The number of nitrogens with zero attached hydrogens (tertiary/aromatic N) is 2. The van der Waals surface area contributed by atoms with Gasteiger partial charge in [0, 0.05) is 6.04 Å². The monoisotopic (exact) mass is 261 g/mol. The zero-order chi connectivity index (χ0) is 14.0. The van der Waals surface area contributed by atoms with Gasteiger partial charge in [-0.05, 0) is 37.5 Å². The summed E-state index contributed by atoms with van der Waals surface area (Å²) >= 11 is 0. The molecule has 1 aliphatic heterocycles. The Morgan fingerprint density at radius 2 is 2.26 bits per heavy atom. The maximum absolute atomic E-state index is 6.03. The highest BCUT2D eigenvalue weighted by Gasteiger charge is 2.30. The van der Waals surface area contributed by atoms with Crippen LogP contribution in [-0.2, 0) is 0 Å². The first kappa shape index (κ1) is 13.7. The molecule has 0 aliphatic carbocycles. The van der Waals surface area contributed by atoms with E-state index in [0.29, 0.717) is 12.0 Å². The molecule has 1 aromatic carbocycles. The summed E-state index contributed by atoms with van der Waals surface area (Å²) in [6.07, 6.45) is 1.06. The molecular formula is C15H23N3O.